The predicted molar refractivity (Wildman–Crippen MR) is 522 cm³/mol. The summed E-state index contributed by atoms with van der Waals surface area (Å²) < 4.78 is 0. The van der Waals surface area contributed by atoms with Crippen LogP contribution in [-0.4, -0.2) is 151 Å². The lowest BCUT2D eigenvalue weighted by atomic mass is 10.0. The highest BCUT2D eigenvalue weighted by Crippen LogP contribution is 2.19. The minimum Gasteiger partial charge on any atom is -0.262 e. The lowest BCUT2D eigenvalue weighted by Crippen LogP contribution is -2.03. The van der Waals surface area contributed by atoms with E-state index in [4.69, 9.17) is 0 Å². The average Bonchev–Trinajstić information content (AvgIpc) is 1.01. The summed E-state index contributed by atoms with van der Waals surface area (Å²) in [6.07, 6.45) is 21.0. The number of rotatable bonds is 13. The number of hydrogen-bond acceptors (Lipinski definition) is 30. The van der Waals surface area contributed by atoms with Crippen molar-refractivity contribution in [3.8, 4) is 0 Å². The van der Waals surface area contributed by atoms with Gasteiger partial charge in [0.25, 0.3) is 0 Å². The predicted octanol–water partition coefficient (Wildman–Crippen LogP) is 22.4. The fourth-order valence-electron chi connectivity index (χ4n) is 9.77. The van der Waals surface area contributed by atoms with E-state index in [2.05, 4.69) is 355 Å². The van der Waals surface area contributed by atoms with Gasteiger partial charge in [0.15, 0.2) is 17.5 Å². The molecule has 13 aromatic heterocycles. The fourth-order valence-corrected chi connectivity index (χ4v) is 9.77. The Bertz CT molecular complexity index is 4040. The van der Waals surface area contributed by atoms with Gasteiger partial charge in [-0.2, -0.15) is 30.6 Å². The standard InChI is InChI=1S/2C9H13N.6C8H12N2.4C7H11N3.C6H10N4/c1-7(2)9-4-5-10-8(3)6-9;1-7(2)9-6-8(3)4-5-10-9;1-6(2)8-5-9-4-7(3)10-8;1-6(2)8-4-7(3)9-5-10-8;1-6(2)8-4-7(3)10-9-5-8;1-6(2)8-4-7(3)5-9-10-8;1-6(2)8-4-5-9-7(3)10-8;1-6(2)8-9-5-4-7(3)10-8;1-5(2)7-9-4-8-6(3)10-7;1-5(2)7-4-8-10-6(3)9-7;1-5(2)7-9-6(3)4-8-10-7;1-5(2)7-4-6(3)8-10-9-7;1-4(2)6-7-5(3)8-10-9-6/h2*4-7H,1-3H3;6*4-6H,1-3H3;4*4-5H,1-3H3;4H,1-3H3. The Kier molecular flexibility index (Phi) is 56.7. The Labute approximate surface area is 778 Å². The van der Waals surface area contributed by atoms with Crippen LogP contribution in [0, 0.1) is 90.0 Å². The number of nitrogens with zero attached hydrogens (tertiary/aromatic N) is 30. The molecular weight excluding hydrogens is 1620 g/mol. The maximum atomic E-state index is 4.31. The van der Waals surface area contributed by atoms with Crippen molar-refractivity contribution >= 4 is 0 Å². The van der Waals surface area contributed by atoms with Crippen molar-refractivity contribution in [2.24, 2.45) is 0 Å². The van der Waals surface area contributed by atoms with Gasteiger partial charge in [0, 0.05) is 95.0 Å². The molecule has 30 heteroatoms. The summed E-state index contributed by atoms with van der Waals surface area (Å²) in [6.45, 7) is 80.0. The fraction of sp³-hybridized carbons (Fsp3) is 0.520. The van der Waals surface area contributed by atoms with E-state index < -0.39 is 0 Å². The van der Waals surface area contributed by atoms with Crippen LogP contribution in [0.4, 0.5) is 0 Å². The molecule has 13 heterocycles. The van der Waals surface area contributed by atoms with Crippen molar-refractivity contribution in [2.75, 3.05) is 0 Å². The van der Waals surface area contributed by atoms with E-state index in [1.165, 1.54) is 27.9 Å². The smallest absolute Gasteiger partial charge is 0.157 e. The molecule has 702 valence electrons. The molecule has 0 bridgehead atoms. The summed E-state index contributed by atoms with van der Waals surface area (Å²) in [5, 5.41) is 53.0. The summed E-state index contributed by atoms with van der Waals surface area (Å²) in [5.74, 6) is 12.5. The third-order valence-corrected chi connectivity index (χ3v) is 17.6. The van der Waals surface area contributed by atoms with Gasteiger partial charge in [-0.3, -0.25) is 19.9 Å². The molecule has 0 saturated heterocycles. The Balaban J connectivity index is 0.000000704. The van der Waals surface area contributed by atoms with E-state index in [1.807, 2.05) is 145 Å². The maximum Gasteiger partial charge on any atom is 0.157 e. The molecule has 30 nitrogen and oxygen atoms in total. The second-order valence-electron chi connectivity index (χ2n) is 35.1. The van der Waals surface area contributed by atoms with Crippen LogP contribution in [0.25, 0.3) is 0 Å². The largest absolute Gasteiger partial charge is 0.262 e. The molecule has 0 fully saturated rings. The topological polar surface area (TPSA) is 387 Å². The average molecular weight is 1770 g/mol. The molecule has 0 aliphatic carbocycles. The van der Waals surface area contributed by atoms with Crippen molar-refractivity contribution in [1.29, 1.82) is 0 Å². The van der Waals surface area contributed by atoms with Crippen LogP contribution in [0.1, 0.15) is 406 Å². The Morgan fingerprint density at radius 3 is 1.03 bits per heavy atom. The highest BCUT2D eigenvalue weighted by molar-refractivity contribution is 5.20. The third-order valence-electron chi connectivity index (χ3n) is 17.6. The number of aromatic nitrogens is 30. The number of pyridine rings is 2. The van der Waals surface area contributed by atoms with Gasteiger partial charge in [-0.05, 0) is 237 Å². The summed E-state index contributed by atoms with van der Waals surface area (Å²) >= 11 is 0. The van der Waals surface area contributed by atoms with Crippen molar-refractivity contribution < 1.29 is 0 Å². The zero-order chi connectivity index (χ0) is 98.3. The molecule has 0 aromatic carbocycles. The molecule has 13 aromatic rings. The summed E-state index contributed by atoms with van der Waals surface area (Å²) in [6, 6.07) is 20.3. The van der Waals surface area contributed by atoms with Gasteiger partial charge >= 0.3 is 0 Å². The first-order valence-electron chi connectivity index (χ1n) is 44.9. The zero-order valence-corrected chi connectivity index (χ0v) is 85.6. The lowest BCUT2D eigenvalue weighted by Gasteiger charge is -2.03. The first-order valence-corrected chi connectivity index (χ1v) is 44.9. The summed E-state index contributed by atoms with van der Waals surface area (Å²) in [5.41, 5.74) is 19.7. The second-order valence-corrected chi connectivity index (χ2v) is 35.1. The molecule has 0 unspecified atom stereocenters. The third kappa shape index (κ3) is 52.9. The molecule has 0 aliphatic rings. The van der Waals surface area contributed by atoms with Crippen LogP contribution in [0.3, 0.4) is 0 Å². The van der Waals surface area contributed by atoms with Crippen LogP contribution in [0.15, 0.2) is 135 Å². The Morgan fingerprint density at radius 2 is 0.631 bits per heavy atom. The Morgan fingerprint density at radius 1 is 0.192 bits per heavy atom. The van der Waals surface area contributed by atoms with Crippen molar-refractivity contribution in [2.45, 2.75) is 347 Å². The molecule has 0 radical (unpaired) electrons. The van der Waals surface area contributed by atoms with Crippen LogP contribution in [-0.2, 0) is 0 Å². The zero-order valence-electron chi connectivity index (χ0n) is 85.6. The van der Waals surface area contributed by atoms with Crippen LogP contribution in [0.2, 0.25) is 0 Å². The van der Waals surface area contributed by atoms with Gasteiger partial charge in [-0.15, -0.1) is 30.6 Å². The lowest BCUT2D eigenvalue weighted by molar-refractivity contribution is 0.671. The Hall–Kier alpha value is -12.2. The quantitative estimate of drug-likeness (QED) is 0.103. The van der Waals surface area contributed by atoms with Gasteiger partial charge in [0.2, 0.25) is 0 Å². The molecule has 0 aliphatic heterocycles. The summed E-state index contributed by atoms with van der Waals surface area (Å²) in [7, 11) is 0. The summed E-state index contributed by atoms with van der Waals surface area (Å²) in [4.78, 5) is 66.1. The highest BCUT2D eigenvalue weighted by Gasteiger charge is 2.10. The molecule has 0 spiro atoms. The van der Waals surface area contributed by atoms with E-state index in [0.717, 1.165) is 115 Å². The maximum absolute atomic E-state index is 4.31. The molecule has 0 N–H and O–H groups in total. The first-order chi connectivity index (χ1) is 61.1. The number of hydrogen-bond donors (Lipinski definition) is 0. The van der Waals surface area contributed by atoms with E-state index in [0.29, 0.717) is 82.8 Å². The van der Waals surface area contributed by atoms with E-state index in [-0.39, 0.29) is 0 Å². The monoisotopic (exact) mass is 1770 g/mol. The van der Waals surface area contributed by atoms with E-state index in [1.54, 1.807) is 56.8 Å². The SMILES string of the molecule is Cc1cc(C(C)C)ccn1.Cc1cc(C(C)C)cnn1.Cc1cc(C(C)C)ncn1.Cc1cc(C(C)C)nnn1.Cc1ccnc(C(C)C)c1.Cc1ccnc(C(C)C)n1.Cc1cncc(C(C)C)n1.Cc1cnnc(C(C)C)c1.Cc1cnnc(C(C)C)n1.Cc1nccc(C(C)C)n1.Cc1ncnc(C(C)C)n1.Cc1nncc(C(C)C)n1.Cc1nnnc(C(C)C)n1. The molecule has 0 saturated carbocycles. The van der Waals surface area contributed by atoms with Gasteiger partial charge in [-0.1, -0.05) is 180 Å². The number of aryl methyl sites for hydroxylation is 13. The molecule has 0 atom stereocenters. The minimum atomic E-state index is 0.328. The van der Waals surface area contributed by atoms with Gasteiger partial charge < -0.3 is 0 Å². The second kappa shape index (κ2) is 63.7. The van der Waals surface area contributed by atoms with Gasteiger partial charge in [0.1, 0.15) is 41.8 Å². The van der Waals surface area contributed by atoms with Gasteiger partial charge in [0.05, 0.1) is 70.3 Å². The van der Waals surface area contributed by atoms with E-state index >= 15 is 0 Å². The van der Waals surface area contributed by atoms with Crippen molar-refractivity contribution in [1.82, 2.24) is 151 Å². The highest BCUT2D eigenvalue weighted by atomic mass is 15.3. The normalized spacial score (nSPS) is 10.4. The molecule has 13 rings (SSSR count). The molecule has 130 heavy (non-hydrogen) atoms. The van der Waals surface area contributed by atoms with Crippen molar-refractivity contribution in [3.63, 3.8) is 0 Å². The minimum absolute atomic E-state index is 0.328. The van der Waals surface area contributed by atoms with E-state index in [9.17, 15) is 0 Å². The van der Waals surface area contributed by atoms with Gasteiger partial charge in [-0.25, -0.2) is 59.8 Å². The molecule has 0 amide bonds. The first kappa shape index (κ1) is 116. The van der Waals surface area contributed by atoms with Crippen molar-refractivity contribution in [3.05, 3.63) is 284 Å². The van der Waals surface area contributed by atoms with Crippen LogP contribution in [0.5, 0.6) is 0 Å². The van der Waals surface area contributed by atoms with Crippen LogP contribution < -0.4 is 0 Å². The molecular formula is C100H152N30. The van der Waals surface area contributed by atoms with Crippen LogP contribution >= 0.6 is 0 Å².